The molecule has 5 nitrogen and oxygen atoms in total. The van der Waals surface area contributed by atoms with Crippen molar-refractivity contribution in [1.29, 1.82) is 0 Å². The summed E-state index contributed by atoms with van der Waals surface area (Å²) in [7, 11) is -2.09. The summed E-state index contributed by atoms with van der Waals surface area (Å²) in [6.45, 7) is 0. The largest absolute Gasteiger partial charge is 0.496 e. The van der Waals surface area contributed by atoms with Crippen LogP contribution in [0, 0.1) is 0 Å². The van der Waals surface area contributed by atoms with Crippen LogP contribution in [0.2, 0.25) is 0 Å². The number of hydrogen-bond acceptors (Lipinski definition) is 5. The molecule has 3 aromatic carbocycles. The molecule has 4 aromatic rings. The van der Waals surface area contributed by atoms with Gasteiger partial charge in [-0.05, 0) is 70.0 Å². The Morgan fingerprint density at radius 3 is 2.53 bits per heavy atom. The van der Waals surface area contributed by atoms with Crippen LogP contribution in [0.1, 0.15) is 16.5 Å². The summed E-state index contributed by atoms with van der Waals surface area (Å²) in [4.78, 5) is 1.22. The number of halogens is 1. The van der Waals surface area contributed by atoms with E-state index in [0.29, 0.717) is 11.4 Å². The fourth-order valence-corrected chi connectivity index (χ4v) is 6.34. The summed E-state index contributed by atoms with van der Waals surface area (Å²) < 4.78 is 41.4. The van der Waals surface area contributed by atoms with Crippen molar-refractivity contribution < 1.29 is 17.9 Å². The third-order valence-electron chi connectivity index (χ3n) is 5.21. The van der Waals surface area contributed by atoms with E-state index >= 15 is 0 Å². The van der Waals surface area contributed by atoms with Gasteiger partial charge in [0, 0.05) is 11.3 Å². The van der Waals surface area contributed by atoms with Gasteiger partial charge in [-0.15, -0.1) is 11.3 Å². The molecule has 0 aliphatic carbocycles. The van der Waals surface area contributed by atoms with Crippen molar-refractivity contribution in [3.8, 4) is 22.6 Å². The molecule has 1 aliphatic heterocycles. The summed E-state index contributed by atoms with van der Waals surface area (Å²) >= 11 is 5.10. The third-order valence-corrected chi connectivity index (χ3v) is 8.28. The molecule has 0 radical (unpaired) electrons. The number of ether oxygens (including phenoxy) is 2. The van der Waals surface area contributed by atoms with Crippen LogP contribution in [0.15, 0.2) is 87.5 Å². The second-order valence-corrected chi connectivity index (χ2v) is 11.4. The lowest BCUT2D eigenvalue weighted by Crippen LogP contribution is -2.17. The first kappa shape index (κ1) is 21.1. The van der Waals surface area contributed by atoms with E-state index in [-0.39, 0.29) is 11.0 Å². The van der Waals surface area contributed by atoms with Gasteiger partial charge in [0.15, 0.2) is 6.10 Å². The Labute approximate surface area is 198 Å². The van der Waals surface area contributed by atoms with Gasteiger partial charge in [-0.1, -0.05) is 30.3 Å². The van der Waals surface area contributed by atoms with Gasteiger partial charge in [-0.25, -0.2) is 8.42 Å². The maximum absolute atomic E-state index is 12.9. The lowest BCUT2D eigenvalue weighted by atomic mass is 9.91. The number of hydrogen-bond donors (Lipinski definition) is 1. The Bertz CT molecular complexity index is 1400. The van der Waals surface area contributed by atoms with E-state index in [9.17, 15) is 8.42 Å². The van der Waals surface area contributed by atoms with E-state index in [0.717, 1.165) is 31.1 Å². The number of anilines is 1. The summed E-state index contributed by atoms with van der Waals surface area (Å²) in [6, 6.07) is 23.5. The minimum atomic E-state index is -3.71. The minimum Gasteiger partial charge on any atom is -0.496 e. The zero-order valence-electron chi connectivity index (χ0n) is 16.9. The van der Waals surface area contributed by atoms with Crippen LogP contribution in [0.3, 0.4) is 0 Å². The fourth-order valence-electron chi connectivity index (χ4n) is 3.80. The number of sulfonamides is 1. The Hall–Kier alpha value is -2.81. The normalized spacial score (nSPS) is 14.8. The fraction of sp³-hybridized carbons (Fsp3) is 0.0833. The Kier molecular flexibility index (Phi) is 5.44. The van der Waals surface area contributed by atoms with E-state index < -0.39 is 10.0 Å². The van der Waals surface area contributed by atoms with Gasteiger partial charge in [0.05, 0.1) is 26.2 Å². The molecule has 1 unspecified atom stereocenters. The van der Waals surface area contributed by atoms with Crippen LogP contribution >= 0.6 is 27.3 Å². The van der Waals surface area contributed by atoms with Crippen molar-refractivity contribution in [3.05, 3.63) is 93.1 Å². The number of methoxy groups -OCH3 is 1. The molecule has 1 atom stereocenters. The molecule has 8 heteroatoms. The van der Waals surface area contributed by atoms with E-state index in [1.54, 1.807) is 54.8 Å². The van der Waals surface area contributed by atoms with Crippen LogP contribution in [0.4, 0.5) is 5.69 Å². The summed E-state index contributed by atoms with van der Waals surface area (Å²) in [6.07, 6.45) is -0.373. The molecule has 5 rings (SSSR count). The summed E-state index contributed by atoms with van der Waals surface area (Å²) in [5.74, 6) is 1.43. The van der Waals surface area contributed by atoms with Crippen molar-refractivity contribution in [2.45, 2.75) is 11.0 Å². The molecular formula is C24H18BrNO4S2. The van der Waals surface area contributed by atoms with Gasteiger partial charge in [0.1, 0.15) is 11.5 Å². The molecule has 1 N–H and O–H groups in total. The van der Waals surface area contributed by atoms with Gasteiger partial charge in [0.25, 0.3) is 10.0 Å². The number of benzene rings is 3. The monoisotopic (exact) mass is 527 g/mol. The predicted molar refractivity (Wildman–Crippen MR) is 130 cm³/mol. The third kappa shape index (κ3) is 3.79. The predicted octanol–water partition coefficient (Wildman–Crippen LogP) is 6.47. The second-order valence-electron chi connectivity index (χ2n) is 7.19. The minimum absolute atomic E-state index is 0.208. The highest BCUT2D eigenvalue weighted by molar-refractivity contribution is 9.11. The molecule has 162 valence electrons. The molecule has 0 spiro atoms. The van der Waals surface area contributed by atoms with Crippen LogP contribution in [0.25, 0.3) is 11.1 Å². The number of thiophene rings is 1. The number of rotatable bonds is 5. The first-order valence-corrected chi connectivity index (χ1v) is 12.9. The van der Waals surface area contributed by atoms with E-state index in [2.05, 4.69) is 20.7 Å². The zero-order chi connectivity index (χ0) is 22.3. The summed E-state index contributed by atoms with van der Waals surface area (Å²) in [5.41, 5.74) is 3.13. The van der Waals surface area contributed by atoms with Crippen LogP contribution in [-0.2, 0) is 10.0 Å². The maximum atomic E-state index is 12.9. The number of fused-ring (bicyclic) bond motifs is 3. The first-order valence-electron chi connectivity index (χ1n) is 9.77. The molecule has 0 bridgehead atoms. The molecule has 32 heavy (non-hydrogen) atoms. The smallest absolute Gasteiger partial charge is 0.261 e. The Balaban J connectivity index is 1.63. The quantitative estimate of drug-likeness (QED) is 0.323. The molecule has 0 fully saturated rings. The van der Waals surface area contributed by atoms with Crippen LogP contribution in [0.5, 0.6) is 11.5 Å². The van der Waals surface area contributed by atoms with Crippen LogP contribution < -0.4 is 14.2 Å². The molecular weight excluding hydrogens is 510 g/mol. The molecule has 1 aliphatic rings. The van der Waals surface area contributed by atoms with Gasteiger partial charge in [-0.2, -0.15) is 0 Å². The summed E-state index contributed by atoms with van der Waals surface area (Å²) in [5, 5.41) is 0. The SMILES string of the molecule is COc1cccc2c1-c1ccc(NS(=O)(=O)c3ccccc3)cc1C(c1ccc(Br)s1)O2. The molecule has 2 heterocycles. The van der Waals surface area contributed by atoms with E-state index in [1.165, 1.54) is 0 Å². The standard InChI is InChI=1S/C24H18BrNO4S2/c1-29-19-8-5-9-20-23(19)17-11-10-15(26-32(27,28)16-6-3-2-4-7-16)14-18(17)24(30-20)21-12-13-22(25)31-21/h2-14,24,26H,1H3. The molecule has 1 aromatic heterocycles. The van der Waals surface area contributed by atoms with Crippen molar-refractivity contribution >= 4 is 43.0 Å². The number of nitrogens with one attached hydrogen (secondary N) is 1. The topological polar surface area (TPSA) is 64.6 Å². The van der Waals surface area contributed by atoms with Gasteiger partial charge in [0.2, 0.25) is 0 Å². The Morgan fingerprint density at radius 2 is 1.81 bits per heavy atom. The highest BCUT2D eigenvalue weighted by Crippen LogP contribution is 2.50. The average molecular weight is 528 g/mol. The van der Waals surface area contributed by atoms with Gasteiger partial charge in [-0.3, -0.25) is 4.72 Å². The molecule has 0 saturated heterocycles. The van der Waals surface area contributed by atoms with Crippen molar-refractivity contribution in [1.82, 2.24) is 0 Å². The lowest BCUT2D eigenvalue weighted by molar-refractivity contribution is 0.246. The highest BCUT2D eigenvalue weighted by Gasteiger charge is 2.31. The van der Waals surface area contributed by atoms with E-state index in [4.69, 9.17) is 9.47 Å². The highest BCUT2D eigenvalue weighted by atomic mass is 79.9. The van der Waals surface area contributed by atoms with Gasteiger partial charge >= 0.3 is 0 Å². The Morgan fingerprint density at radius 1 is 1.00 bits per heavy atom. The lowest BCUT2D eigenvalue weighted by Gasteiger charge is -2.29. The van der Waals surface area contributed by atoms with Crippen LogP contribution in [-0.4, -0.2) is 15.5 Å². The van der Waals surface area contributed by atoms with Crippen molar-refractivity contribution in [3.63, 3.8) is 0 Å². The first-order chi connectivity index (χ1) is 15.5. The average Bonchev–Trinajstić information content (AvgIpc) is 3.24. The van der Waals surface area contributed by atoms with Crippen molar-refractivity contribution in [2.75, 3.05) is 11.8 Å². The molecule has 0 amide bonds. The maximum Gasteiger partial charge on any atom is 0.261 e. The molecule has 0 saturated carbocycles. The zero-order valence-corrected chi connectivity index (χ0v) is 20.1. The second kappa shape index (κ2) is 8.27. The van der Waals surface area contributed by atoms with Crippen molar-refractivity contribution in [2.24, 2.45) is 0 Å². The van der Waals surface area contributed by atoms with Gasteiger partial charge < -0.3 is 9.47 Å². The van der Waals surface area contributed by atoms with E-state index in [1.807, 2.05) is 42.5 Å².